The number of ether oxygens (including phenoxy) is 3. The van der Waals surface area contributed by atoms with Gasteiger partial charge in [0.2, 0.25) is 0 Å². The van der Waals surface area contributed by atoms with E-state index in [4.69, 9.17) is 25.8 Å². The van der Waals surface area contributed by atoms with Crippen LogP contribution in [0.3, 0.4) is 0 Å². The van der Waals surface area contributed by atoms with E-state index in [1.54, 1.807) is 12.1 Å². The molecule has 1 aliphatic heterocycles. The Morgan fingerprint density at radius 3 is 2.55 bits per heavy atom. The van der Waals surface area contributed by atoms with Crippen LogP contribution in [0.4, 0.5) is 0 Å². The fourth-order valence-electron chi connectivity index (χ4n) is 5.15. The molecule has 1 aliphatic rings. The van der Waals surface area contributed by atoms with Crippen LogP contribution in [-0.2, 0) is 9.53 Å². The normalized spacial score (nSPS) is 21.0. The fourth-order valence-corrected chi connectivity index (χ4v) is 5.35. The van der Waals surface area contributed by atoms with E-state index in [1.165, 1.54) is 0 Å². The lowest BCUT2D eigenvalue weighted by atomic mass is 9.74. The van der Waals surface area contributed by atoms with Crippen molar-refractivity contribution < 1.29 is 24.1 Å². The molecule has 5 nitrogen and oxygen atoms in total. The molecule has 0 unspecified atom stereocenters. The zero-order chi connectivity index (χ0) is 27.1. The maximum Gasteiger partial charge on any atom is 0.341 e. The van der Waals surface area contributed by atoms with Crippen LogP contribution in [0.2, 0.25) is 5.02 Å². The van der Waals surface area contributed by atoms with Gasteiger partial charge in [-0.1, -0.05) is 73.9 Å². The van der Waals surface area contributed by atoms with Crippen molar-refractivity contribution >= 4 is 17.6 Å². The summed E-state index contributed by atoms with van der Waals surface area (Å²) in [7, 11) is 0. The van der Waals surface area contributed by atoms with Crippen LogP contribution < -0.4 is 9.47 Å². The SMILES string of the molecule is C=C(C)[C@@H]1C[C@@H](c2cccc(Cl)c2)[C@@H](CCCC)O[C@H]1c1cc(Oc2ccccc2)ccc1OCC(=O)O. The zero-order valence-electron chi connectivity index (χ0n) is 21.9. The summed E-state index contributed by atoms with van der Waals surface area (Å²) < 4.78 is 18.8. The Morgan fingerprint density at radius 1 is 1.08 bits per heavy atom. The summed E-state index contributed by atoms with van der Waals surface area (Å²) >= 11 is 6.37. The summed E-state index contributed by atoms with van der Waals surface area (Å²) in [4.78, 5) is 11.3. The molecule has 0 amide bonds. The molecule has 4 atom stereocenters. The van der Waals surface area contributed by atoms with Gasteiger partial charge in [-0.2, -0.15) is 0 Å². The Hall–Kier alpha value is -3.28. The Balaban J connectivity index is 1.73. The molecule has 4 rings (SSSR count). The van der Waals surface area contributed by atoms with Crippen LogP contribution in [0, 0.1) is 5.92 Å². The zero-order valence-corrected chi connectivity index (χ0v) is 22.7. The number of carboxylic acids is 1. The molecule has 0 saturated carbocycles. The number of halogens is 1. The van der Waals surface area contributed by atoms with Crippen LogP contribution >= 0.6 is 11.6 Å². The second-order valence-corrected chi connectivity index (χ2v) is 10.3. The van der Waals surface area contributed by atoms with Crippen LogP contribution in [0.25, 0.3) is 0 Å². The van der Waals surface area contributed by atoms with Crippen molar-refractivity contribution in [2.45, 2.75) is 57.7 Å². The minimum absolute atomic E-state index is 0.0176. The highest BCUT2D eigenvalue weighted by Gasteiger charge is 2.40. The Bertz CT molecular complexity index is 1240. The number of hydrogen-bond acceptors (Lipinski definition) is 4. The molecule has 0 radical (unpaired) electrons. The lowest BCUT2D eigenvalue weighted by Gasteiger charge is -2.43. The van der Waals surface area contributed by atoms with Crippen molar-refractivity contribution in [3.63, 3.8) is 0 Å². The first-order valence-corrected chi connectivity index (χ1v) is 13.5. The first kappa shape index (κ1) is 27.7. The first-order valence-electron chi connectivity index (χ1n) is 13.1. The van der Waals surface area contributed by atoms with E-state index in [0.29, 0.717) is 22.3 Å². The molecule has 3 aromatic carbocycles. The topological polar surface area (TPSA) is 65.0 Å². The highest BCUT2D eigenvalue weighted by atomic mass is 35.5. The first-order chi connectivity index (χ1) is 18.4. The molecule has 0 bridgehead atoms. The summed E-state index contributed by atoms with van der Waals surface area (Å²) in [5.41, 5.74) is 2.92. The van der Waals surface area contributed by atoms with Crippen molar-refractivity contribution in [1.29, 1.82) is 0 Å². The molecule has 1 N–H and O–H groups in total. The summed E-state index contributed by atoms with van der Waals surface area (Å²) in [5.74, 6) is 0.907. The van der Waals surface area contributed by atoms with Gasteiger partial charge in [0.15, 0.2) is 6.61 Å². The van der Waals surface area contributed by atoms with Crippen molar-refractivity contribution in [3.05, 3.63) is 101 Å². The summed E-state index contributed by atoms with van der Waals surface area (Å²) in [6.07, 6.45) is 3.42. The quantitative estimate of drug-likeness (QED) is 0.249. The minimum atomic E-state index is -1.04. The molecular formula is C32H35ClO5. The van der Waals surface area contributed by atoms with Gasteiger partial charge >= 0.3 is 5.97 Å². The number of hydrogen-bond donors (Lipinski definition) is 1. The number of carboxylic acid groups (broad SMARTS) is 1. The van der Waals surface area contributed by atoms with Gasteiger partial charge in [0.1, 0.15) is 17.2 Å². The second kappa shape index (κ2) is 13.0. The number of aliphatic carboxylic acids is 1. The van der Waals surface area contributed by atoms with E-state index < -0.39 is 12.6 Å². The molecule has 38 heavy (non-hydrogen) atoms. The van der Waals surface area contributed by atoms with Gasteiger partial charge in [0, 0.05) is 22.4 Å². The molecule has 1 saturated heterocycles. The van der Waals surface area contributed by atoms with Crippen molar-refractivity contribution in [2.24, 2.45) is 5.92 Å². The molecule has 200 valence electrons. The smallest absolute Gasteiger partial charge is 0.341 e. The third-order valence-corrected chi connectivity index (χ3v) is 7.25. The maximum atomic E-state index is 11.3. The fraction of sp³-hybridized carbons (Fsp3) is 0.344. The average Bonchev–Trinajstić information content (AvgIpc) is 2.91. The number of unbranched alkanes of at least 4 members (excludes halogenated alkanes) is 1. The van der Waals surface area contributed by atoms with E-state index in [2.05, 4.69) is 19.6 Å². The predicted octanol–water partition coefficient (Wildman–Crippen LogP) is 8.59. The van der Waals surface area contributed by atoms with E-state index in [0.717, 1.165) is 42.4 Å². The van der Waals surface area contributed by atoms with Gasteiger partial charge in [0.05, 0.1) is 12.2 Å². The lowest BCUT2D eigenvalue weighted by molar-refractivity contribution is -0.139. The minimum Gasteiger partial charge on any atom is -0.482 e. The molecule has 0 aliphatic carbocycles. The van der Waals surface area contributed by atoms with E-state index in [1.807, 2.05) is 61.5 Å². The Morgan fingerprint density at radius 2 is 1.87 bits per heavy atom. The number of carbonyl (C=O) groups is 1. The third-order valence-electron chi connectivity index (χ3n) is 7.01. The molecule has 0 spiro atoms. The molecule has 3 aromatic rings. The van der Waals surface area contributed by atoms with Gasteiger partial charge < -0.3 is 19.3 Å². The highest BCUT2D eigenvalue weighted by Crippen LogP contribution is 2.50. The van der Waals surface area contributed by atoms with Gasteiger partial charge in [-0.15, -0.1) is 0 Å². The second-order valence-electron chi connectivity index (χ2n) is 9.88. The summed E-state index contributed by atoms with van der Waals surface area (Å²) in [6, 6.07) is 23.0. The largest absolute Gasteiger partial charge is 0.482 e. The van der Waals surface area contributed by atoms with E-state index in [9.17, 15) is 9.90 Å². The van der Waals surface area contributed by atoms with Gasteiger partial charge in [-0.25, -0.2) is 4.79 Å². The third kappa shape index (κ3) is 6.97. The van der Waals surface area contributed by atoms with Crippen LogP contribution in [0.15, 0.2) is 84.9 Å². The van der Waals surface area contributed by atoms with Crippen molar-refractivity contribution in [3.8, 4) is 17.2 Å². The summed E-state index contributed by atoms with van der Waals surface area (Å²) in [6.45, 7) is 8.06. The predicted molar refractivity (Wildman–Crippen MR) is 150 cm³/mol. The monoisotopic (exact) mass is 534 g/mol. The Kier molecular flexibility index (Phi) is 9.48. The molecule has 1 heterocycles. The van der Waals surface area contributed by atoms with Gasteiger partial charge in [-0.05, 0) is 67.8 Å². The summed E-state index contributed by atoms with van der Waals surface area (Å²) in [5, 5.41) is 9.99. The molecular weight excluding hydrogens is 500 g/mol. The average molecular weight is 535 g/mol. The van der Waals surface area contributed by atoms with E-state index >= 15 is 0 Å². The number of para-hydroxylation sites is 1. The lowest BCUT2D eigenvalue weighted by Crippen LogP contribution is -2.36. The van der Waals surface area contributed by atoms with Crippen LogP contribution in [0.5, 0.6) is 17.2 Å². The molecule has 0 aromatic heterocycles. The van der Waals surface area contributed by atoms with Gasteiger partial charge in [-0.3, -0.25) is 0 Å². The molecule has 1 fully saturated rings. The number of rotatable bonds is 11. The molecule has 6 heteroatoms. The Labute approximate surface area is 230 Å². The number of benzene rings is 3. The van der Waals surface area contributed by atoms with Gasteiger partial charge in [0.25, 0.3) is 0 Å². The van der Waals surface area contributed by atoms with Crippen molar-refractivity contribution in [1.82, 2.24) is 0 Å². The van der Waals surface area contributed by atoms with E-state index in [-0.39, 0.29) is 24.0 Å². The van der Waals surface area contributed by atoms with Crippen LogP contribution in [-0.4, -0.2) is 23.8 Å². The van der Waals surface area contributed by atoms with Crippen LogP contribution in [0.1, 0.15) is 62.7 Å². The van der Waals surface area contributed by atoms with Crippen molar-refractivity contribution in [2.75, 3.05) is 6.61 Å². The highest BCUT2D eigenvalue weighted by molar-refractivity contribution is 6.30. The maximum absolute atomic E-state index is 11.3. The standard InChI is InChI=1S/C32H35ClO5/c1-4-5-14-30-27(22-10-9-11-23(33)17-22)19-26(21(2)3)32(38-30)28-18-25(37-24-12-7-6-8-13-24)15-16-29(28)36-20-31(34)35/h6-13,15-18,26-27,30,32H,2,4-5,14,19-20H2,1,3H3,(H,34,35)/t26-,27-,30+,32+/m0/s1.